The lowest BCUT2D eigenvalue weighted by molar-refractivity contribution is -0.274. The predicted molar refractivity (Wildman–Crippen MR) is 152 cm³/mol. The van der Waals surface area contributed by atoms with Crippen molar-refractivity contribution in [2.75, 3.05) is 0 Å². The number of rotatable bonds is 5. The smallest absolute Gasteiger partial charge is 0.406 e. The van der Waals surface area contributed by atoms with Crippen molar-refractivity contribution in [3.63, 3.8) is 0 Å². The van der Waals surface area contributed by atoms with Crippen LogP contribution < -0.4 is 4.74 Å². The fourth-order valence-corrected chi connectivity index (χ4v) is 6.98. The standard InChI is InChI=1S/C32H52BF3O/c34-32(35,36)37-31-24-22-27(23-25-31)26-33-30-20-13-9-8-12-18-29(19-14-15-21-30)28-16-10-6-4-2-1-3-5-7-11-17-28/h22-25,28-30,33H,1-21,26H2. The van der Waals surface area contributed by atoms with E-state index in [9.17, 15) is 13.2 Å². The second-order valence-electron chi connectivity index (χ2n) is 12.2. The van der Waals surface area contributed by atoms with Crippen LogP contribution in [-0.4, -0.2) is 13.6 Å². The van der Waals surface area contributed by atoms with E-state index < -0.39 is 6.36 Å². The van der Waals surface area contributed by atoms with Crippen LogP contribution in [0.4, 0.5) is 13.2 Å². The third-order valence-electron chi connectivity index (χ3n) is 9.19. The van der Waals surface area contributed by atoms with E-state index in [1.807, 2.05) is 0 Å². The molecule has 1 nitrogen and oxygen atoms in total. The van der Waals surface area contributed by atoms with E-state index in [4.69, 9.17) is 0 Å². The zero-order valence-corrected chi connectivity index (χ0v) is 23.3. The Kier molecular flexibility index (Phi) is 14.4. The SMILES string of the molecule is FC(F)(F)Oc1ccc(CBC2CCCCCCC(C3CCCCCCCCCCC3)CCCC2)cc1. The van der Waals surface area contributed by atoms with Gasteiger partial charge in [-0.05, 0) is 24.0 Å². The summed E-state index contributed by atoms with van der Waals surface area (Å²) in [5, 5.41) is 0. The molecule has 0 bridgehead atoms. The Morgan fingerprint density at radius 2 is 0.946 bits per heavy atom. The van der Waals surface area contributed by atoms with Crippen molar-refractivity contribution >= 4 is 7.28 Å². The molecule has 5 heteroatoms. The van der Waals surface area contributed by atoms with Gasteiger partial charge in [-0.15, -0.1) is 13.2 Å². The van der Waals surface area contributed by atoms with Crippen LogP contribution in [-0.2, 0) is 6.32 Å². The van der Waals surface area contributed by atoms with E-state index in [-0.39, 0.29) is 5.75 Å². The number of hydrogen-bond acceptors (Lipinski definition) is 1. The Morgan fingerprint density at radius 3 is 1.41 bits per heavy atom. The maximum absolute atomic E-state index is 12.4. The first-order valence-electron chi connectivity index (χ1n) is 15.8. The summed E-state index contributed by atoms with van der Waals surface area (Å²) in [5.41, 5.74) is 1.11. The monoisotopic (exact) mass is 520 g/mol. The van der Waals surface area contributed by atoms with Gasteiger partial charge < -0.3 is 4.74 Å². The average molecular weight is 521 g/mol. The molecule has 1 aromatic rings. The molecule has 0 amide bonds. The zero-order valence-electron chi connectivity index (χ0n) is 23.3. The first-order valence-corrected chi connectivity index (χ1v) is 15.8. The average Bonchev–Trinajstić information content (AvgIpc) is 2.84. The Bertz CT molecular complexity index is 693. The molecule has 3 rings (SSSR count). The molecule has 2 saturated carbocycles. The molecule has 2 fully saturated rings. The van der Waals surface area contributed by atoms with Crippen molar-refractivity contribution in [2.24, 2.45) is 11.8 Å². The van der Waals surface area contributed by atoms with Gasteiger partial charge >= 0.3 is 6.36 Å². The Balaban J connectivity index is 1.46. The highest BCUT2D eigenvalue weighted by atomic mass is 19.4. The van der Waals surface area contributed by atoms with Crippen molar-refractivity contribution in [3.8, 4) is 5.75 Å². The van der Waals surface area contributed by atoms with Crippen molar-refractivity contribution in [3.05, 3.63) is 29.8 Å². The lowest BCUT2D eigenvalue weighted by atomic mass is 9.57. The van der Waals surface area contributed by atoms with Gasteiger partial charge in [0.2, 0.25) is 0 Å². The van der Waals surface area contributed by atoms with E-state index >= 15 is 0 Å². The Labute approximate surface area is 226 Å². The molecule has 2 aliphatic carbocycles. The molecule has 0 spiro atoms. The molecule has 0 saturated heterocycles. The lowest BCUT2D eigenvalue weighted by Gasteiger charge is -2.29. The quantitative estimate of drug-likeness (QED) is 0.351. The summed E-state index contributed by atoms with van der Waals surface area (Å²) in [6.07, 6.45) is 26.0. The van der Waals surface area contributed by atoms with Gasteiger partial charge in [-0.2, -0.15) is 0 Å². The topological polar surface area (TPSA) is 9.23 Å². The number of halogens is 3. The Morgan fingerprint density at radius 1 is 0.568 bits per heavy atom. The van der Waals surface area contributed by atoms with Crippen LogP contribution in [0, 0.1) is 11.8 Å². The van der Waals surface area contributed by atoms with Crippen LogP contribution in [0.15, 0.2) is 24.3 Å². The van der Waals surface area contributed by atoms with E-state index in [1.165, 1.54) is 147 Å². The van der Waals surface area contributed by atoms with Gasteiger partial charge in [0.25, 0.3) is 0 Å². The molecule has 0 radical (unpaired) electrons. The highest BCUT2D eigenvalue weighted by molar-refractivity contribution is 6.37. The Hall–Kier alpha value is -1.13. The molecular formula is C32H52BF3O. The van der Waals surface area contributed by atoms with Gasteiger partial charge in [0.15, 0.2) is 0 Å². The van der Waals surface area contributed by atoms with Gasteiger partial charge in [-0.1, -0.05) is 165 Å². The van der Waals surface area contributed by atoms with Crippen LogP contribution in [0.25, 0.3) is 0 Å². The van der Waals surface area contributed by atoms with Gasteiger partial charge in [-0.25, -0.2) is 0 Å². The van der Waals surface area contributed by atoms with Crippen LogP contribution >= 0.6 is 0 Å². The van der Waals surface area contributed by atoms with E-state index in [0.29, 0.717) is 0 Å². The molecule has 0 aliphatic heterocycles. The summed E-state index contributed by atoms with van der Waals surface area (Å²) in [6.45, 7) is 0. The number of hydrogen-bond donors (Lipinski definition) is 0. The van der Waals surface area contributed by atoms with Crippen LogP contribution in [0.1, 0.15) is 140 Å². The largest absolute Gasteiger partial charge is 0.573 e. The molecule has 0 N–H and O–H groups in total. The molecule has 1 aromatic carbocycles. The molecular weight excluding hydrogens is 468 g/mol. The summed E-state index contributed by atoms with van der Waals surface area (Å²) in [7, 11) is 1.14. The maximum Gasteiger partial charge on any atom is 0.573 e. The molecule has 2 aliphatic rings. The highest BCUT2D eigenvalue weighted by Crippen LogP contribution is 2.35. The fraction of sp³-hybridized carbons (Fsp3) is 0.812. The molecule has 2 atom stereocenters. The van der Waals surface area contributed by atoms with Crippen molar-refractivity contribution < 1.29 is 17.9 Å². The molecule has 0 heterocycles. The minimum absolute atomic E-state index is 0.127. The van der Waals surface area contributed by atoms with E-state index in [2.05, 4.69) is 4.74 Å². The molecule has 2 unspecified atom stereocenters. The van der Waals surface area contributed by atoms with Crippen molar-refractivity contribution in [1.82, 2.24) is 0 Å². The summed E-state index contributed by atoms with van der Waals surface area (Å²) < 4.78 is 41.3. The van der Waals surface area contributed by atoms with Crippen molar-refractivity contribution in [2.45, 2.75) is 153 Å². The second-order valence-corrected chi connectivity index (χ2v) is 12.2. The van der Waals surface area contributed by atoms with Crippen LogP contribution in [0.2, 0.25) is 5.82 Å². The number of ether oxygens (including phenoxy) is 1. The molecule has 210 valence electrons. The predicted octanol–water partition coefficient (Wildman–Crippen LogP) is 10.8. The molecule has 0 aromatic heterocycles. The third kappa shape index (κ3) is 13.5. The van der Waals surface area contributed by atoms with Crippen molar-refractivity contribution in [1.29, 1.82) is 0 Å². The number of alkyl halides is 3. The van der Waals surface area contributed by atoms with Gasteiger partial charge in [0, 0.05) is 0 Å². The third-order valence-corrected chi connectivity index (χ3v) is 9.19. The minimum Gasteiger partial charge on any atom is -0.406 e. The van der Waals surface area contributed by atoms with Gasteiger partial charge in [0.05, 0.1) is 0 Å². The summed E-state index contributed by atoms with van der Waals surface area (Å²) >= 11 is 0. The summed E-state index contributed by atoms with van der Waals surface area (Å²) in [5.74, 6) is 2.52. The molecule has 37 heavy (non-hydrogen) atoms. The normalized spacial score (nSPS) is 25.1. The highest BCUT2D eigenvalue weighted by Gasteiger charge is 2.31. The second kappa shape index (κ2) is 17.5. The fourth-order valence-electron chi connectivity index (χ4n) is 6.98. The summed E-state index contributed by atoms with van der Waals surface area (Å²) in [6, 6.07) is 6.49. The van der Waals surface area contributed by atoms with Crippen LogP contribution in [0.5, 0.6) is 5.75 Å². The zero-order chi connectivity index (χ0) is 26.2. The van der Waals surface area contributed by atoms with Gasteiger partial charge in [-0.3, -0.25) is 0 Å². The van der Waals surface area contributed by atoms with Gasteiger partial charge in [0.1, 0.15) is 13.0 Å². The van der Waals surface area contributed by atoms with Crippen LogP contribution in [0.3, 0.4) is 0 Å². The van der Waals surface area contributed by atoms with E-state index in [1.54, 1.807) is 12.1 Å². The summed E-state index contributed by atoms with van der Waals surface area (Å²) in [4.78, 5) is 0. The lowest BCUT2D eigenvalue weighted by Crippen LogP contribution is -2.17. The minimum atomic E-state index is -4.62. The first-order chi connectivity index (χ1) is 18.0. The number of benzene rings is 1. The van der Waals surface area contributed by atoms with E-state index in [0.717, 1.165) is 36.8 Å². The first kappa shape index (κ1) is 30.4. The maximum atomic E-state index is 12.4.